The highest BCUT2D eigenvalue weighted by Crippen LogP contribution is 2.40. The molecule has 1 fully saturated rings. The maximum absolute atomic E-state index is 12.1. The molecular formula is C13H15N3O3. The lowest BCUT2D eigenvalue weighted by Gasteiger charge is -2.06. The molecule has 19 heavy (non-hydrogen) atoms. The first-order chi connectivity index (χ1) is 9.20. The Labute approximate surface area is 109 Å². The van der Waals surface area contributed by atoms with Crippen LogP contribution in [0.1, 0.15) is 40.5 Å². The molecule has 0 atom stereocenters. The van der Waals surface area contributed by atoms with Crippen molar-refractivity contribution in [2.24, 2.45) is 0 Å². The number of rotatable bonds is 4. The summed E-state index contributed by atoms with van der Waals surface area (Å²) in [4.78, 5) is 16.6. The molecule has 0 bridgehead atoms. The van der Waals surface area contributed by atoms with Gasteiger partial charge in [0.25, 0.3) is 11.6 Å². The second kappa shape index (κ2) is 4.62. The SMILES string of the molecule is Cc1noc2nc(C3CC3)cc(C(=O)NCCO)c12. The van der Waals surface area contributed by atoms with E-state index in [1.807, 2.05) is 6.07 Å². The molecule has 2 N–H and O–H groups in total. The number of carbonyl (C=O) groups excluding carboxylic acids is 1. The number of pyridine rings is 1. The molecule has 2 heterocycles. The highest BCUT2D eigenvalue weighted by Gasteiger charge is 2.28. The average molecular weight is 261 g/mol. The van der Waals surface area contributed by atoms with Gasteiger partial charge < -0.3 is 14.9 Å². The Bertz CT molecular complexity index is 631. The number of hydrogen-bond acceptors (Lipinski definition) is 5. The van der Waals surface area contributed by atoms with Gasteiger partial charge in [0, 0.05) is 18.2 Å². The highest BCUT2D eigenvalue weighted by atomic mass is 16.5. The number of hydrogen-bond donors (Lipinski definition) is 2. The summed E-state index contributed by atoms with van der Waals surface area (Å²) in [6, 6.07) is 1.82. The third kappa shape index (κ3) is 2.19. The van der Waals surface area contributed by atoms with E-state index in [4.69, 9.17) is 9.63 Å². The van der Waals surface area contributed by atoms with Crippen molar-refractivity contribution in [1.82, 2.24) is 15.5 Å². The standard InChI is InChI=1S/C13H15N3O3/c1-7-11-9(12(18)14-4-5-17)6-10(8-2-3-8)15-13(11)19-16-7/h6,8,17H,2-5H2,1H3,(H,14,18). The van der Waals surface area contributed by atoms with Crippen LogP contribution >= 0.6 is 0 Å². The van der Waals surface area contributed by atoms with Crippen molar-refractivity contribution in [1.29, 1.82) is 0 Å². The molecule has 0 aliphatic heterocycles. The quantitative estimate of drug-likeness (QED) is 0.861. The lowest BCUT2D eigenvalue weighted by Crippen LogP contribution is -2.26. The third-order valence-electron chi connectivity index (χ3n) is 3.27. The fraction of sp³-hybridized carbons (Fsp3) is 0.462. The molecule has 0 radical (unpaired) electrons. The van der Waals surface area contributed by atoms with Crippen LogP contribution in [0.5, 0.6) is 0 Å². The Kier molecular flexibility index (Phi) is 2.94. The molecule has 2 aromatic heterocycles. The van der Waals surface area contributed by atoms with Gasteiger partial charge >= 0.3 is 0 Å². The first-order valence-electron chi connectivity index (χ1n) is 6.36. The van der Waals surface area contributed by atoms with Crippen LogP contribution in [0.15, 0.2) is 10.6 Å². The van der Waals surface area contributed by atoms with Crippen molar-refractivity contribution in [3.05, 3.63) is 23.0 Å². The number of aryl methyl sites for hydroxylation is 1. The Balaban J connectivity index is 2.08. The van der Waals surface area contributed by atoms with Crippen LogP contribution < -0.4 is 5.32 Å². The molecule has 0 spiro atoms. The zero-order chi connectivity index (χ0) is 13.4. The second-order valence-corrected chi connectivity index (χ2v) is 4.80. The van der Waals surface area contributed by atoms with E-state index in [9.17, 15) is 4.79 Å². The van der Waals surface area contributed by atoms with Crippen LogP contribution in [0.3, 0.4) is 0 Å². The minimum absolute atomic E-state index is 0.0853. The molecule has 6 nitrogen and oxygen atoms in total. The van der Waals surface area contributed by atoms with Crippen LogP contribution in [0.4, 0.5) is 0 Å². The number of aliphatic hydroxyl groups excluding tert-OH is 1. The summed E-state index contributed by atoms with van der Waals surface area (Å²) < 4.78 is 5.17. The minimum Gasteiger partial charge on any atom is -0.395 e. The zero-order valence-electron chi connectivity index (χ0n) is 10.6. The molecule has 0 saturated heterocycles. The lowest BCUT2D eigenvalue weighted by atomic mass is 10.1. The van der Waals surface area contributed by atoms with Gasteiger partial charge in [-0.1, -0.05) is 5.16 Å². The van der Waals surface area contributed by atoms with E-state index in [0.717, 1.165) is 18.5 Å². The van der Waals surface area contributed by atoms with Crippen molar-refractivity contribution < 1.29 is 14.4 Å². The molecule has 0 unspecified atom stereocenters. The van der Waals surface area contributed by atoms with E-state index in [2.05, 4.69) is 15.5 Å². The van der Waals surface area contributed by atoms with Crippen molar-refractivity contribution in [3.8, 4) is 0 Å². The Hall–Kier alpha value is -1.95. The van der Waals surface area contributed by atoms with Crippen LogP contribution in [0.2, 0.25) is 0 Å². The number of nitrogens with one attached hydrogen (secondary N) is 1. The number of aliphatic hydroxyl groups is 1. The molecule has 3 rings (SSSR count). The Morgan fingerprint density at radius 3 is 3.05 bits per heavy atom. The maximum atomic E-state index is 12.1. The molecule has 1 aliphatic carbocycles. The number of fused-ring (bicyclic) bond motifs is 1. The number of amides is 1. The molecule has 6 heteroatoms. The van der Waals surface area contributed by atoms with Gasteiger partial charge in [0.15, 0.2) is 0 Å². The van der Waals surface area contributed by atoms with Crippen LogP contribution in [0, 0.1) is 6.92 Å². The molecule has 100 valence electrons. The fourth-order valence-electron chi connectivity index (χ4n) is 2.15. The fourth-order valence-corrected chi connectivity index (χ4v) is 2.15. The molecular weight excluding hydrogens is 246 g/mol. The second-order valence-electron chi connectivity index (χ2n) is 4.80. The normalized spacial score (nSPS) is 14.8. The van der Waals surface area contributed by atoms with E-state index < -0.39 is 0 Å². The molecule has 0 aromatic carbocycles. The summed E-state index contributed by atoms with van der Waals surface area (Å²) in [5, 5.41) is 16.0. The monoisotopic (exact) mass is 261 g/mol. The summed E-state index contributed by atoms with van der Waals surface area (Å²) in [5.41, 5.74) is 2.48. The van der Waals surface area contributed by atoms with Gasteiger partial charge in [-0.05, 0) is 25.8 Å². The summed E-state index contributed by atoms with van der Waals surface area (Å²) in [6.45, 7) is 1.93. The van der Waals surface area contributed by atoms with Gasteiger partial charge in [-0.2, -0.15) is 0 Å². The Morgan fingerprint density at radius 2 is 2.37 bits per heavy atom. The van der Waals surface area contributed by atoms with Gasteiger partial charge in [-0.25, -0.2) is 4.98 Å². The van der Waals surface area contributed by atoms with Crippen LogP contribution in [-0.2, 0) is 0 Å². The van der Waals surface area contributed by atoms with E-state index in [1.165, 1.54) is 0 Å². The van der Waals surface area contributed by atoms with E-state index in [-0.39, 0.29) is 19.1 Å². The summed E-state index contributed by atoms with van der Waals surface area (Å²) in [7, 11) is 0. The predicted molar refractivity (Wildman–Crippen MR) is 67.9 cm³/mol. The van der Waals surface area contributed by atoms with Gasteiger partial charge in [-0.15, -0.1) is 0 Å². The van der Waals surface area contributed by atoms with Gasteiger partial charge in [0.2, 0.25) is 0 Å². The number of aromatic nitrogens is 2. The van der Waals surface area contributed by atoms with Crippen LogP contribution in [0.25, 0.3) is 11.1 Å². The largest absolute Gasteiger partial charge is 0.395 e. The zero-order valence-corrected chi connectivity index (χ0v) is 10.6. The first-order valence-corrected chi connectivity index (χ1v) is 6.36. The van der Waals surface area contributed by atoms with Crippen molar-refractivity contribution in [2.45, 2.75) is 25.7 Å². The minimum atomic E-state index is -0.227. The van der Waals surface area contributed by atoms with Gasteiger partial charge in [0.1, 0.15) is 0 Å². The van der Waals surface area contributed by atoms with Crippen molar-refractivity contribution in [2.75, 3.05) is 13.2 Å². The predicted octanol–water partition coefficient (Wildman–Crippen LogP) is 1.13. The van der Waals surface area contributed by atoms with Gasteiger partial charge in [-0.3, -0.25) is 4.79 Å². The van der Waals surface area contributed by atoms with E-state index in [1.54, 1.807) is 6.92 Å². The van der Waals surface area contributed by atoms with Crippen LogP contribution in [-0.4, -0.2) is 34.3 Å². The lowest BCUT2D eigenvalue weighted by molar-refractivity contribution is 0.0946. The summed E-state index contributed by atoms with van der Waals surface area (Å²) in [6.07, 6.45) is 2.20. The first kappa shape index (κ1) is 12.1. The number of carbonyl (C=O) groups is 1. The summed E-state index contributed by atoms with van der Waals surface area (Å²) >= 11 is 0. The molecule has 2 aromatic rings. The molecule has 1 aliphatic rings. The van der Waals surface area contributed by atoms with Gasteiger partial charge in [0.05, 0.1) is 23.3 Å². The highest BCUT2D eigenvalue weighted by molar-refractivity contribution is 6.06. The van der Waals surface area contributed by atoms with E-state index in [0.29, 0.717) is 28.3 Å². The average Bonchev–Trinajstić information content (AvgIpc) is 3.20. The maximum Gasteiger partial charge on any atom is 0.259 e. The van der Waals surface area contributed by atoms with E-state index >= 15 is 0 Å². The topological polar surface area (TPSA) is 88.2 Å². The molecule has 1 amide bonds. The Morgan fingerprint density at radius 1 is 1.58 bits per heavy atom. The summed E-state index contributed by atoms with van der Waals surface area (Å²) in [5.74, 6) is 0.203. The molecule has 1 saturated carbocycles. The van der Waals surface area contributed by atoms with Crippen molar-refractivity contribution >= 4 is 17.0 Å². The number of nitrogens with zero attached hydrogens (tertiary/aromatic N) is 2. The van der Waals surface area contributed by atoms with Crippen molar-refractivity contribution in [3.63, 3.8) is 0 Å². The third-order valence-corrected chi connectivity index (χ3v) is 3.27. The smallest absolute Gasteiger partial charge is 0.259 e.